The van der Waals surface area contributed by atoms with E-state index in [2.05, 4.69) is 34.7 Å². The molecule has 0 unspecified atom stereocenters. The maximum absolute atomic E-state index is 6.44. The number of hydrogen-bond acceptors (Lipinski definition) is 5. The molecule has 0 aliphatic rings. The predicted molar refractivity (Wildman–Crippen MR) is 101 cm³/mol. The molecule has 26 heavy (non-hydrogen) atoms. The number of aromatic nitrogens is 3. The third-order valence-electron chi connectivity index (χ3n) is 3.93. The number of halogens is 1. The summed E-state index contributed by atoms with van der Waals surface area (Å²) in [5, 5.41) is 8.11. The third kappa shape index (κ3) is 4.46. The largest absolute Gasteiger partial charge is 0.490 e. The molecule has 0 aliphatic heterocycles. The highest BCUT2D eigenvalue weighted by atomic mass is 35.5. The van der Waals surface area contributed by atoms with Crippen molar-refractivity contribution in [2.45, 2.75) is 27.0 Å². The summed E-state index contributed by atoms with van der Waals surface area (Å²) in [6.45, 7) is 5.51. The number of benzene rings is 2. The van der Waals surface area contributed by atoms with Crippen molar-refractivity contribution in [1.29, 1.82) is 0 Å². The molecule has 0 saturated heterocycles. The highest BCUT2D eigenvalue weighted by Crippen LogP contribution is 2.34. The summed E-state index contributed by atoms with van der Waals surface area (Å²) in [7, 11) is 0. The number of rotatable bonds is 8. The molecular formula is C19H21ClN4O2. The summed E-state index contributed by atoms with van der Waals surface area (Å²) < 4.78 is 13.4. The van der Waals surface area contributed by atoms with Crippen LogP contribution in [0.1, 0.15) is 23.6 Å². The van der Waals surface area contributed by atoms with Gasteiger partial charge in [-0.1, -0.05) is 35.9 Å². The number of nitrogens with zero attached hydrogens (tertiary/aromatic N) is 3. The summed E-state index contributed by atoms with van der Waals surface area (Å²) >= 11 is 6.44. The lowest BCUT2D eigenvalue weighted by Crippen LogP contribution is -2.12. The fourth-order valence-corrected chi connectivity index (χ4v) is 2.70. The van der Waals surface area contributed by atoms with Gasteiger partial charge in [0.2, 0.25) is 0 Å². The van der Waals surface area contributed by atoms with Crippen LogP contribution in [-0.4, -0.2) is 21.5 Å². The molecule has 0 spiro atoms. The molecule has 1 heterocycles. The normalized spacial score (nSPS) is 10.6. The van der Waals surface area contributed by atoms with Gasteiger partial charge in [0.05, 0.1) is 13.2 Å². The highest BCUT2D eigenvalue weighted by molar-refractivity contribution is 6.31. The maximum Gasteiger partial charge on any atom is 0.163 e. The second-order valence-electron chi connectivity index (χ2n) is 5.74. The lowest BCUT2D eigenvalue weighted by Gasteiger charge is -2.16. The molecule has 1 aromatic heterocycles. The second kappa shape index (κ2) is 8.58. The van der Waals surface area contributed by atoms with Gasteiger partial charge < -0.3 is 14.9 Å². The van der Waals surface area contributed by atoms with Crippen LogP contribution in [0.4, 0.5) is 0 Å². The number of ether oxygens (including phenoxy) is 2. The van der Waals surface area contributed by atoms with Crippen molar-refractivity contribution >= 4 is 11.6 Å². The average molecular weight is 373 g/mol. The van der Waals surface area contributed by atoms with Gasteiger partial charge in [0.15, 0.2) is 11.5 Å². The Morgan fingerprint density at radius 2 is 1.77 bits per heavy atom. The Balaban J connectivity index is 1.76. The van der Waals surface area contributed by atoms with Crippen molar-refractivity contribution in [2.75, 3.05) is 12.0 Å². The van der Waals surface area contributed by atoms with Crippen LogP contribution >= 0.6 is 11.6 Å². The summed E-state index contributed by atoms with van der Waals surface area (Å²) in [6.07, 6.45) is 3.16. The van der Waals surface area contributed by atoms with Gasteiger partial charge in [0.1, 0.15) is 19.3 Å². The van der Waals surface area contributed by atoms with E-state index in [9.17, 15) is 0 Å². The Morgan fingerprint density at radius 1 is 1.04 bits per heavy atom. The van der Waals surface area contributed by atoms with Gasteiger partial charge in [-0.05, 0) is 36.6 Å². The highest BCUT2D eigenvalue weighted by Gasteiger charge is 2.12. The van der Waals surface area contributed by atoms with E-state index in [1.807, 2.05) is 25.1 Å². The Bertz CT molecular complexity index is 853. The molecule has 0 aliphatic carbocycles. The molecule has 0 atom stereocenters. The van der Waals surface area contributed by atoms with E-state index in [1.54, 1.807) is 23.4 Å². The summed E-state index contributed by atoms with van der Waals surface area (Å²) in [5.41, 5.74) is 6.36. The molecule has 3 aromatic rings. The van der Waals surface area contributed by atoms with Crippen LogP contribution < -0.4 is 14.9 Å². The van der Waals surface area contributed by atoms with Crippen molar-refractivity contribution < 1.29 is 9.47 Å². The Labute approximate surface area is 157 Å². The maximum atomic E-state index is 6.44. The minimum absolute atomic E-state index is 0.460. The van der Waals surface area contributed by atoms with E-state index in [1.165, 1.54) is 5.56 Å². The van der Waals surface area contributed by atoms with Crippen LogP contribution in [-0.2, 0) is 13.2 Å². The lowest BCUT2D eigenvalue weighted by atomic mass is 10.1. The minimum atomic E-state index is 0.460. The smallest absolute Gasteiger partial charge is 0.163 e. The molecule has 6 nitrogen and oxygen atoms in total. The fourth-order valence-electron chi connectivity index (χ4n) is 2.48. The summed E-state index contributed by atoms with van der Waals surface area (Å²) in [6, 6.07) is 11.8. The van der Waals surface area contributed by atoms with Gasteiger partial charge in [-0.25, -0.2) is 4.68 Å². The average Bonchev–Trinajstić information content (AvgIpc) is 3.15. The Morgan fingerprint density at radius 3 is 2.50 bits per heavy atom. The van der Waals surface area contributed by atoms with Crippen molar-refractivity contribution in [3.05, 3.63) is 70.8 Å². The van der Waals surface area contributed by atoms with E-state index in [4.69, 9.17) is 21.1 Å². The minimum Gasteiger partial charge on any atom is -0.490 e. The lowest BCUT2D eigenvalue weighted by molar-refractivity contribution is 0.268. The van der Waals surface area contributed by atoms with E-state index in [0.717, 1.165) is 11.1 Å². The molecule has 7 heteroatoms. The zero-order chi connectivity index (χ0) is 18.4. The van der Waals surface area contributed by atoms with Crippen LogP contribution in [0.15, 0.2) is 49.1 Å². The van der Waals surface area contributed by atoms with E-state index in [0.29, 0.717) is 36.3 Å². The number of aryl methyl sites for hydroxylation is 1. The molecule has 2 aromatic carbocycles. The fraction of sp³-hybridized carbons (Fsp3) is 0.263. The van der Waals surface area contributed by atoms with E-state index in [-0.39, 0.29) is 0 Å². The number of nitrogens with one attached hydrogen (secondary N) is 1. The Kier molecular flexibility index (Phi) is 5.96. The van der Waals surface area contributed by atoms with Crippen molar-refractivity contribution in [2.24, 2.45) is 0 Å². The second-order valence-corrected chi connectivity index (χ2v) is 6.15. The van der Waals surface area contributed by atoms with E-state index >= 15 is 0 Å². The number of hydrogen-bond donors (Lipinski definition) is 1. The van der Waals surface area contributed by atoms with Crippen molar-refractivity contribution in [3.8, 4) is 11.5 Å². The third-order valence-corrected chi connectivity index (χ3v) is 4.28. The van der Waals surface area contributed by atoms with Gasteiger partial charge in [-0.2, -0.15) is 0 Å². The molecule has 0 radical (unpaired) electrons. The molecule has 0 fully saturated rings. The first-order valence-corrected chi connectivity index (χ1v) is 8.76. The van der Waals surface area contributed by atoms with Crippen molar-refractivity contribution in [3.63, 3.8) is 0 Å². The molecule has 0 saturated carbocycles. The SMILES string of the molecule is CCOc1cc(CNn2cnnc2)c(Cl)cc1OCc1ccccc1C. The predicted octanol–water partition coefficient (Wildman–Crippen LogP) is 3.96. The summed E-state index contributed by atoms with van der Waals surface area (Å²) in [5.74, 6) is 1.30. The van der Waals surface area contributed by atoms with Gasteiger partial charge in [0, 0.05) is 11.1 Å². The molecule has 0 amide bonds. The van der Waals surface area contributed by atoms with Crippen LogP contribution in [0.5, 0.6) is 11.5 Å². The molecular weight excluding hydrogens is 352 g/mol. The zero-order valence-corrected chi connectivity index (χ0v) is 15.5. The van der Waals surface area contributed by atoms with Gasteiger partial charge >= 0.3 is 0 Å². The monoisotopic (exact) mass is 372 g/mol. The molecule has 1 N–H and O–H groups in total. The molecule has 3 rings (SSSR count). The topological polar surface area (TPSA) is 61.2 Å². The van der Waals surface area contributed by atoms with Crippen LogP contribution in [0.2, 0.25) is 5.02 Å². The van der Waals surface area contributed by atoms with Gasteiger partial charge in [-0.3, -0.25) is 0 Å². The van der Waals surface area contributed by atoms with Gasteiger partial charge in [0.25, 0.3) is 0 Å². The molecule has 0 bridgehead atoms. The quantitative estimate of drug-likeness (QED) is 0.648. The standard InChI is InChI=1S/C19H21ClN4O2/c1-3-25-18-8-16(10-23-24-12-21-22-13-24)17(20)9-19(18)26-11-15-7-5-4-6-14(15)2/h4-9,12-13,23H,3,10-11H2,1-2H3. The first-order valence-electron chi connectivity index (χ1n) is 8.38. The van der Waals surface area contributed by atoms with Crippen LogP contribution in [0.3, 0.4) is 0 Å². The first kappa shape index (κ1) is 18.1. The summed E-state index contributed by atoms with van der Waals surface area (Å²) in [4.78, 5) is 0. The Hall–Kier alpha value is -2.73. The van der Waals surface area contributed by atoms with E-state index < -0.39 is 0 Å². The first-order chi connectivity index (χ1) is 12.7. The van der Waals surface area contributed by atoms with Crippen molar-refractivity contribution in [1.82, 2.24) is 14.9 Å². The van der Waals surface area contributed by atoms with Crippen LogP contribution in [0, 0.1) is 6.92 Å². The van der Waals surface area contributed by atoms with Gasteiger partial charge in [-0.15, -0.1) is 10.2 Å². The zero-order valence-electron chi connectivity index (χ0n) is 14.8. The molecule has 136 valence electrons. The van der Waals surface area contributed by atoms with Crippen LogP contribution in [0.25, 0.3) is 0 Å².